The number of hydrogen-bond acceptors (Lipinski definition) is 7. The van der Waals surface area contributed by atoms with Crippen LogP contribution in [0.4, 0.5) is 0 Å². The summed E-state index contributed by atoms with van der Waals surface area (Å²) in [5.41, 5.74) is 6.71. The third kappa shape index (κ3) is 3.73. The predicted molar refractivity (Wildman–Crippen MR) is 103 cm³/mol. The van der Waals surface area contributed by atoms with Crippen molar-refractivity contribution in [1.82, 2.24) is 20.0 Å². The van der Waals surface area contributed by atoms with Gasteiger partial charge in [0.05, 0.1) is 16.4 Å². The molecular formula is C19H25N5O2S. The minimum Gasteiger partial charge on any atom is -0.342 e. The molecule has 7 nitrogen and oxygen atoms in total. The van der Waals surface area contributed by atoms with Crippen molar-refractivity contribution in [3.05, 3.63) is 24.2 Å². The van der Waals surface area contributed by atoms with Crippen LogP contribution >= 0.6 is 11.8 Å². The second-order valence-electron chi connectivity index (χ2n) is 7.43. The lowest BCUT2D eigenvalue weighted by Crippen LogP contribution is -2.34. The van der Waals surface area contributed by atoms with Crippen molar-refractivity contribution in [2.75, 3.05) is 13.1 Å². The van der Waals surface area contributed by atoms with E-state index in [0.717, 1.165) is 62.2 Å². The van der Waals surface area contributed by atoms with Gasteiger partial charge in [0.15, 0.2) is 5.82 Å². The van der Waals surface area contributed by atoms with Crippen LogP contribution in [0.5, 0.6) is 0 Å². The second kappa shape index (κ2) is 7.59. The van der Waals surface area contributed by atoms with E-state index in [4.69, 9.17) is 10.3 Å². The van der Waals surface area contributed by atoms with Gasteiger partial charge in [0.2, 0.25) is 5.91 Å². The van der Waals surface area contributed by atoms with E-state index in [9.17, 15) is 4.79 Å². The molecule has 1 unspecified atom stereocenters. The molecule has 2 aromatic heterocycles. The van der Waals surface area contributed by atoms with Crippen LogP contribution in [-0.2, 0) is 10.3 Å². The van der Waals surface area contributed by atoms with Crippen molar-refractivity contribution in [2.24, 2.45) is 5.73 Å². The molecule has 0 aromatic carbocycles. The average Bonchev–Trinajstić information content (AvgIpc) is 3.43. The molecule has 1 aliphatic heterocycles. The smallest absolute Gasteiger partial charge is 0.260 e. The minimum absolute atomic E-state index is 0.159. The molecule has 0 radical (unpaired) electrons. The highest BCUT2D eigenvalue weighted by Gasteiger charge is 2.36. The lowest BCUT2D eigenvalue weighted by molar-refractivity contribution is -0.129. The highest BCUT2D eigenvalue weighted by Crippen LogP contribution is 2.37. The maximum atomic E-state index is 12.6. The largest absolute Gasteiger partial charge is 0.342 e. The molecule has 3 heterocycles. The van der Waals surface area contributed by atoms with Crippen LogP contribution in [0.3, 0.4) is 0 Å². The van der Waals surface area contributed by atoms with E-state index in [1.54, 1.807) is 6.20 Å². The molecule has 4 rings (SSSR count). The molecule has 1 atom stereocenters. The Morgan fingerprint density at radius 1 is 1.30 bits per heavy atom. The lowest BCUT2D eigenvalue weighted by atomic mass is 9.99. The minimum atomic E-state index is -0.490. The summed E-state index contributed by atoms with van der Waals surface area (Å²) in [6.45, 7) is 3.63. The van der Waals surface area contributed by atoms with E-state index in [1.165, 1.54) is 11.8 Å². The molecule has 27 heavy (non-hydrogen) atoms. The van der Waals surface area contributed by atoms with Crippen molar-refractivity contribution < 1.29 is 9.32 Å². The monoisotopic (exact) mass is 387 g/mol. The second-order valence-corrected chi connectivity index (χ2v) is 8.76. The fourth-order valence-corrected chi connectivity index (χ4v) is 4.81. The summed E-state index contributed by atoms with van der Waals surface area (Å²) in [6, 6.07) is 3.74. The zero-order valence-electron chi connectivity index (χ0n) is 15.6. The molecule has 1 saturated heterocycles. The standard InChI is InChI=1S/C19H25N5O2S/c1-13(17(25)24-11-4-5-12-24)27-16-14(7-6-10-21-16)15-22-18(23-26-15)19(20)8-2-3-9-19/h6-7,10,13H,2-5,8-9,11-12,20H2,1H3. The summed E-state index contributed by atoms with van der Waals surface area (Å²) in [6.07, 6.45) is 7.82. The van der Waals surface area contributed by atoms with Crippen LogP contribution in [0.25, 0.3) is 11.5 Å². The number of thioether (sulfide) groups is 1. The molecular weight excluding hydrogens is 362 g/mol. The zero-order chi connectivity index (χ0) is 18.9. The SMILES string of the molecule is CC(Sc1ncccc1-c1nc(C2(N)CCCC2)no1)C(=O)N1CCCC1. The fraction of sp³-hybridized carbons (Fsp3) is 0.579. The Hall–Kier alpha value is -1.93. The maximum Gasteiger partial charge on any atom is 0.260 e. The number of aromatic nitrogens is 3. The van der Waals surface area contributed by atoms with Gasteiger partial charge in [-0.1, -0.05) is 29.8 Å². The molecule has 2 fully saturated rings. The molecule has 2 aromatic rings. The van der Waals surface area contributed by atoms with Gasteiger partial charge in [-0.15, -0.1) is 0 Å². The van der Waals surface area contributed by atoms with E-state index in [0.29, 0.717) is 11.7 Å². The Bertz CT molecular complexity index is 812. The van der Waals surface area contributed by atoms with Crippen LogP contribution in [0.15, 0.2) is 27.9 Å². The molecule has 2 N–H and O–H groups in total. The average molecular weight is 388 g/mol. The Morgan fingerprint density at radius 2 is 2.04 bits per heavy atom. The van der Waals surface area contributed by atoms with Gasteiger partial charge in [-0.05, 0) is 44.7 Å². The Balaban J connectivity index is 1.54. The molecule has 1 aliphatic carbocycles. The van der Waals surface area contributed by atoms with Crippen molar-refractivity contribution in [3.8, 4) is 11.5 Å². The van der Waals surface area contributed by atoms with Gasteiger partial charge >= 0.3 is 0 Å². The summed E-state index contributed by atoms with van der Waals surface area (Å²) in [4.78, 5) is 23.6. The third-order valence-corrected chi connectivity index (χ3v) is 6.53. The van der Waals surface area contributed by atoms with Crippen molar-refractivity contribution in [3.63, 3.8) is 0 Å². The normalized spacial score (nSPS) is 20.1. The van der Waals surface area contributed by atoms with Gasteiger partial charge in [-0.2, -0.15) is 4.98 Å². The zero-order valence-corrected chi connectivity index (χ0v) is 16.4. The van der Waals surface area contributed by atoms with E-state index < -0.39 is 5.54 Å². The molecule has 1 amide bonds. The quantitative estimate of drug-likeness (QED) is 0.788. The lowest BCUT2D eigenvalue weighted by Gasteiger charge is -2.20. The van der Waals surface area contributed by atoms with E-state index in [1.807, 2.05) is 24.0 Å². The highest BCUT2D eigenvalue weighted by molar-refractivity contribution is 8.00. The van der Waals surface area contributed by atoms with Gasteiger partial charge in [0.1, 0.15) is 5.03 Å². The first-order valence-corrected chi connectivity index (χ1v) is 10.5. The van der Waals surface area contributed by atoms with Gasteiger partial charge in [-0.3, -0.25) is 4.79 Å². The third-order valence-electron chi connectivity index (χ3n) is 5.42. The predicted octanol–water partition coefficient (Wildman–Crippen LogP) is 2.96. The van der Waals surface area contributed by atoms with Gasteiger partial charge in [0, 0.05) is 19.3 Å². The van der Waals surface area contributed by atoms with Crippen LogP contribution in [0.2, 0.25) is 0 Å². The molecule has 144 valence electrons. The molecule has 1 saturated carbocycles. The van der Waals surface area contributed by atoms with Crippen LogP contribution in [-0.4, -0.2) is 44.3 Å². The Morgan fingerprint density at radius 3 is 2.78 bits per heavy atom. The first-order chi connectivity index (χ1) is 13.1. The fourth-order valence-electron chi connectivity index (χ4n) is 3.82. The number of hydrogen-bond donors (Lipinski definition) is 1. The van der Waals surface area contributed by atoms with Gasteiger partial charge in [-0.25, -0.2) is 4.98 Å². The van der Waals surface area contributed by atoms with Crippen molar-refractivity contribution in [1.29, 1.82) is 0 Å². The van der Waals surface area contributed by atoms with E-state index >= 15 is 0 Å². The van der Waals surface area contributed by atoms with Gasteiger partial charge < -0.3 is 15.2 Å². The number of carbonyl (C=O) groups is 1. The number of nitrogens with zero attached hydrogens (tertiary/aromatic N) is 4. The van der Waals surface area contributed by atoms with E-state index in [2.05, 4.69) is 15.1 Å². The van der Waals surface area contributed by atoms with Crippen molar-refractivity contribution in [2.45, 2.75) is 61.3 Å². The molecule has 2 aliphatic rings. The number of amides is 1. The number of pyridine rings is 1. The number of carbonyl (C=O) groups excluding carboxylic acids is 1. The number of likely N-dealkylation sites (tertiary alicyclic amines) is 1. The highest BCUT2D eigenvalue weighted by atomic mass is 32.2. The van der Waals surface area contributed by atoms with Gasteiger partial charge in [0.25, 0.3) is 5.89 Å². The number of rotatable bonds is 5. The number of nitrogens with two attached hydrogens (primary N) is 1. The topological polar surface area (TPSA) is 98.1 Å². The van der Waals surface area contributed by atoms with E-state index in [-0.39, 0.29) is 11.2 Å². The van der Waals surface area contributed by atoms with Crippen LogP contribution in [0, 0.1) is 0 Å². The molecule has 0 bridgehead atoms. The summed E-state index contributed by atoms with van der Waals surface area (Å²) in [7, 11) is 0. The van der Waals surface area contributed by atoms with Crippen molar-refractivity contribution >= 4 is 17.7 Å². The summed E-state index contributed by atoms with van der Waals surface area (Å²) >= 11 is 1.44. The first-order valence-electron chi connectivity index (χ1n) is 9.61. The Labute approximate surface area is 163 Å². The molecule has 8 heteroatoms. The summed E-state index contributed by atoms with van der Waals surface area (Å²) < 4.78 is 5.52. The van der Waals surface area contributed by atoms with Crippen LogP contribution < -0.4 is 5.73 Å². The Kier molecular flexibility index (Phi) is 5.19. The molecule has 0 spiro atoms. The first kappa shape index (κ1) is 18.4. The van der Waals surface area contributed by atoms with Crippen LogP contribution in [0.1, 0.15) is 51.3 Å². The maximum absolute atomic E-state index is 12.6. The summed E-state index contributed by atoms with van der Waals surface area (Å²) in [5, 5.41) is 4.66. The summed E-state index contributed by atoms with van der Waals surface area (Å²) in [5.74, 6) is 1.14.